The first-order valence-electron chi connectivity index (χ1n) is 7.21. The van der Waals surface area contributed by atoms with Crippen molar-refractivity contribution in [1.29, 1.82) is 0 Å². The molecule has 1 fully saturated rings. The van der Waals surface area contributed by atoms with E-state index in [2.05, 4.69) is 37.5 Å². The first kappa shape index (κ1) is 14.1. The van der Waals surface area contributed by atoms with Crippen molar-refractivity contribution in [3.8, 4) is 0 Å². The minimum atomic E-state index is -0.0516. The van der Waals surface area contributed by atoms with Gasteiger partial charge in [-0.05, 0) is 29.5 Å². The van der Waals surface area contributed by atoms with Crippen LogP contribution in [0, 0.1) is 6.92 Å². The maximum Gasteiger partial charge on any atom is 0.181 e. The standard InChI is InChI=1S/C14H20N6O/c1-11-4-3-5-12(15-11)6-7-20-8-9-21-13(10-20)14-16-17-18-19(14)2/h3-5,13H,6-10H2,1-2H3. The fourth-order valence-electron chi connectivity index (χ4n) is 2.58. The van der Waals surface area contributed by atoms with Crippen molar-refractivity contribution < 1.29 is 4.74 Å². The highest BCUT2D eigenvalue weighted by Gasteiger charge is 2.25. The monoisotopic (exact) mass is 288 g/mol. The maximum atomic E-state index is 5.78. The van der Waals surface area contributed by atoms with Gasteiger partial charge in [-0.2, -0.15) is 0 Å². The predicted octanol–water partition coefficient (Wildman–Crippen LogP) is 0.530. The minimum absolute atomic E-state index is 0.0516. The van der Waals surface area contributed by atoms with Gasteiger partial charge in [0, 0.05) is 44.5 Å². The number of rotatable bonds is 4. The Morgan fingerprint density at radius 3 is 3.05 bits per heavy atom. The van der Waals surface area contributed by atoms with E-state index in [1.165, 1.54) is 0 Å². The SMILES string of the molecule is Cc1cccc(CCN2CCOC(c3nnnn3C)C2)n1. The van der Waals surface area contributed by atoms with E-state index < -0.39 is 0 Å². The first-order valence-corrected chi connectivity index (χ1v) is 7.21. The Kier molecular flexibility index (Phi) is 4.21. The number of aryl methyl sites for hydroxylation is 2. The Morgan fingerprint density at radius 1 is 1.38 bits per heavy atom. The molecule has 0 aliphatic carbocycles. The molecule has 112 valence electrons. The van der Waals surface area contributed by atoms with E-state index >= 15 is 0 Å². The molecule has 1 aliphatic heterocycles. The summed E-state index contributed by atoms with van der Waals surface area (Å²) < 4.78 is 7.46. The summed E-state index contributed by atoms with van der Waals surface area (Å²) >= 11 is 0. The molecule has 0 spiro atoms. The summed E-state index contributed by atoms with van der Waals surface area (Å²) in [4.78, 5) is 6.93. The van der Waals surface area contributed by atoms with Crippen molar-refractivity contribution in [1.82, 2.24) is 30.1 Å². The Balaban J connectivity index is 1.58. The summed E-state index contributed by atoms with van der Waals surface area (Å²) in [6.07, 6.45) is 0.898. The van der Waals surface area contributed by atoms with Crippen molar-refractivity contribution in [2.24, 2.45) is 7.05 Å². The third kappa shape index (κ3) is 3.43. The van der Waals surface area contributed by atoms with E-state index in [0.717, 1.165) is 43.3 Å². The molecular formula is C14H20N6O. The molecule has 0 radical (unpaired) electrons. The number of pyridine rings is 1. The van der Waals surface area contributed by atoms with Gasteiger partial charge in [0.15, 0.2) is 5.82 Å². The van der Waals surface area contributed by atoms with Gasteiger partial charge in [0.05, 0.1) is 6.61 Å². The Morgan fingerprint density at radius 2 is 2.29 bits per heavy atom. The van der Waals surface area contributed by atoms with Crippen LogP contribution in [0.1, 0.15) is 23.3 Å². The Hall–Kier alpha value is -1.86. The normalized spacial score (nSPS) is 19.8. The summed E-state index contributed by atoms with van der Waals surface area (Å²) in [5.74, 6) is 0.786. The van der Waals surface area contributed by atoms with Crippen molar-refractivity contribution in [3.05, 3.63) is 35.4 Å². The van der Waals surface area contributed by atoms with Crippen LogP contribution >= 0.6 is 0 Å². The van der Waals surface area contributed by atoms with Crippen molar-refractivity contribution in [2.45, 2.75) is 19.4 Å². The van der Waals surface area contributed by atoms with Crippen LogP contribution in [0.2, 0.25) is 0 Å². The third-order valence-corrected chi connectivity index (χ3v) is 3.72. The maximum absolute atomic E-state index is 5.78. The van der Waals surface area contributed by atoms with E-state index in [9.17, 15) is 0 Å². The van der Waals surface area contributed by atoms with E-state index in [1.54, 1.807) is 4.68 Å². The van der Waals surface area contributed by atoms with E-state index in [0.29, 0.717) is 6.61 Å². The second kappa shape index (κ2) is 6.28. The quantitative estimate of drug-likeness (QED) is 0.817. The zero-order valence-corrected chi connectivity index (χ0v) is 12.4. The summed E-state index contributed by atoms with van der Waals surface area (Å²) in [5, 5.41) is 11.6. The lowest BCUT2D eigenvalue weighted by atomic mass is 10.2. The number of tetrazole rings is 1. The van der Waals surface area contributed by atoms with Gasteiger partial charge in [-0.25, -0.2) is 4.68 Å². The Labute approximate surface area is 123 Å². The predicted molar refractivity (Wildman–Crippen MR) is 76.6 cm³/mol. The van der Waals surface area contributed by atoms with E-state index in [4.69, 9.17) is 4.74 Å². The second-order valence-corrected chi connectivity index (χ2v) is 5.34. The van der Waals surface area contributed by atoms with Gasteiger partial charge < -0.3 is 4.74 Å². The lowest BCUT2D eigenvalue weighted by Gasteiger charge is -2.31. The highest BCUT2D eigenvalue weighted by molar-refractivity contribution is 5.10. The van der Waals surface area contributed by atoms with Crippen LogP contribution in [-0.4, -0.2) is 56.3 Å². The zero-order valence-electron chi connectivity index (χ0n) is 12.4. The molecule has 0 saturated carbocycles. The van der Waals surface area contributed by atoms with Crippen LogP contribution < -0.4 is 0 Å². The molecule has 2 aromatic heterocycles. The largest absolute Gasteiger partial charge is 0.367 e. The number of nitrogens with zero attached hydrogens (tertiary/aromatic N) is 6. The molecule has 21 heavy (non-hydrogen) atoms. The van der Waals surface area contributed by atoms with Gasteiger partial charge in [0.25, 0.3) is 0 Å². The zero-order chi connectivity index (χ0) is 14.7. The van der Waals surface area contributed by atoms with Gasteiger partial charge in [0.2, 0.25) is 0 Å². The molecule has 3 heterocycles. The van der Waals surface area contributed by atoms with Gasteiger partial charge in [0.1, 0.15) is 6.10 Å². The molecule has 1 saturated heterocycles. The fourth-order valence-corrected chi connectivity index (χ4v) is 2.58. The molecule has 1 atom stereocenters. The molecule has 0 amide bonds. The lowest BCUT2D eigenvalue weighted by molar-refractivity contribution is -0.0356. The average Bonchev–Trinajstić information content (AvgIpc) is 2.92. The topological polar surface area (TPSA) is 69.0 Å². The number of hydrogen-bond donors (Lipinski definition) is 0. The smallest absolute Gasteiger partial charge is 0.181 e. The van der Waals surface area contributed by atoms with Crippen LogP contribution in [0.3, 0.4) is 0 Å². The average molecular weight is 288 g/mol. The minimum Gasteiger partial charge on any atom is -0.367 e. The second-order valence-electron chi connectivity index (χ2n) is 5.34. The van der Waals surface area contributed by atoms with Crippen LogP contribution in [-0.2, 0) is 18.2 Å². The summed E-state index contributed by atoms with van der Waals surface area (Å²) in [7, 11) is 1.84. The van der Waals surface area contributed by atoms with Crippen LogP contribution in [0.15, 0.2) is 18.2 Å². The van der Waals surface area contributed by atoms with E-state index in [-0.39, 0.29) is 6.10 Å². The number of aromatic nitrogens is 5. The molecule has 2 aromatic rings. The summed E-state index contributed by atoms with van der Waals surface area (Å²) in [6, 6.07) is 6.16. The Bertz CT molecular complexity index is 599. The highest BCUT2D eigenvalue weighted by Crippen LogP contribution is 2.19. The van der Waals surface area contributed by atoms with Gasteiger partial charge >= 0.3 is 0 Å². The molecule has 0 N–H and O–H groups in total. The third-order valence-electron chi connectivity index (χ3n) is 3.72. The van der Waals surface area contributed by atoms with Gasteiger partial charge in [-0.3, -0.25) is 9.88 Å². The molecule has 3 rings (SSSR count). The van der Waals surface area contributed by atoms with Crippen LogP contribution in [0.4, 0.5) is 0 Å². The van der Waals surface area contributed by atoms with Crippen LogP contribution in [0.25, 0.3) is 0 Å². The molecule has 7 nitrogen and oxygen atoms in total. The van der Waals surface area contributed by atoms with Crippen LogP contribution in [0.5, 0.6) is 0 Å². The summed E-state index contributed by atoms with van der Waals surface area (Å²) in [6.45, 7) is 5.46. The molecule has 0 aromatic carbocycles. The van der Waals surface area contributed by atoms with E-state index in [1.807, 2.05) is 20.0 Å². The lowest BCUT2D eigenvalue weighted by Crippen LogP contribution is -2.40. The van der Waals surface area contributed by atoms with Crippen molar-refractivity contribution >= 4 is 0 Å². The number of morpholine rings is 1. The summed E-state index contributed by atoms with van der Waals surface area (Å²) in [5.41, 5.74) is 2.20. The molecule has 0 bridgehead atoms. The first-order chi connectivity index (χ1) is 10.2. The van der Waals surface area contributed by atoms with Gasteiger partial charge in [-0.15, -0.1) is 5.10 Å². The highest BCUT2D eigenvalue weighted by atomic mass is 16.5. The molecule has 1 unspecified atom stereocenters. The molecular weight excluding hydrogens is 268 g/mol. The molecule has 1 aliphatic rings. The van der Waals surface area contributed by atoms with Gasteiger partial charge in [-0.1, -0.05) is 6.07 Å². The molecule has 7 heteroatoms. The van der Waals surface area contributed by atoms with Crippen molar-refractivity contribution in [2.75, 3.05) is 26.2 Å². The fraction of sp³-hybridized carbons (Fsp3) is 0.571. The van der Waals surface area contributed by atoms with Crippen molar-refractivity contribution in [3.63, 3.8) is 0 Å². The number of hydrogen-bond acceptors (Lipinski definition) is 6. The number of ether oxygens (including phenoxy) is 1.